The summed E-state index contributed by atoms with van der Waals surface area (Å²) in [6.45, 7) is 1.98. The molecule has 0 unspecified atom stereocenters. The number of halogens is 1. The van der Waals surface area contributed by atoms with Gasteiger partial charge in [-0.05, 0) is 24.6 Å². The van der Waals surface area contributed by atoms with Crippen molar-refractivity contribution in [2.24, 2.45) is 0 Å². The molecule has 0 N–H and O–H groups in total. The highest BCUT2D eigenvalue weighted by Crippen LogP contribution is 2.08. The molecule has 0 amide bonds. The largest absolute Gasteiger partial charge is 0.465 e. The zero-order valence-electron chi connectivity index (χ0n) is 12.8. The second-order valence-corrected chi connectivity index (χ2v) is 5.03. The van der Waals surface area contributed by atoms with E-state index in [-0.39, 0.29) is 24.5 Å². The lowest BCUT2D eigenvalue weighted by molar-refractivity contribution is -0.143. The fourth-order valence-corrected chi connectivity index (χ4v) is 2.21. The van der Waals surface area contributed by atoms with Crippen LogP contribution < -0.4 is 5.56 Å². The molecule has 0 spiro atoms. The number of hydrogen-bond acceptors (Lipinski definition) is 6. The van der Waals surface area contributed by atoms with E-state index in [1.54, 1.807) is 19.1 Å². The van der Waals surface area contributed by atoms with E-state index < -0.39 is 11.5 Å². The maximum atomic E-state index is 12.9. The number of fused-ring (bicyclic) bond motifs is 1. The van der Waals surface area contributed by atoms with E-state index in [4.69, 9.17) is 4.74 Å². The highest BCUT2D eigenvalue weighted by Gasteiger charge is 2.14. The molecular formula is C15H14FN5O3. The molecule has 124 valence electrons. The Morgan fingerprint density at radius 2 is 2.04 bits per heavy atom. The Labute approximate surface area is 135 Å². The lowest BCUT2D eigenvalue weighted by Crippen LogP contribution is -2.26. The predicted molar refractivity (Wildman–Crippen MR) is 81.7 cm³/mol. The molecule has 3 aromatic rings. The number of rotatable bonds is 5. The number of carbonyl (C=O) groups is 1. The highest BCUT2D eigenvalue weighted by atomic mass is 19.1. The quantitative estimate of drug-likeness (QED) is 0.640. The summed E-state index contributed by atoms with van der Waals surface area (Å²) in [5.41, 5.74) is 0.674. The van der Waals surface area contributed by atoms with Gasteiger partial charge in [0.1, 0.15) is 18.7 Å². The molecule has 0 saturated carbocycles. The topological polar surface area (TPSA) is 91.9 Å². The molecule has 0 saturated heterocycles. The van der Waals surface area contributed by atoms with Gasteiger partial charge < -0.3 is 4.74 Å². The van der Waals surface area contributed by atoms with E-state index >= 15 is 0 Å². The monoisotopic (exact) mass is 331 g/mol. The normalized spacial score (nSPS) is 10.9. The molecule has 2 heterocycles. The van der Waals surface area contributed by atoms with Gasteiger partial charge >= 0.3 is 5.97 Å². The molecule has 1 aromatic carbocycles. The van der Waals surface area contributed by atoms with Crippen LogP contribution in [0.4, 0.5) is 4.39 Å². The number of nitrogens with zero attached hydrogens (tertiary/aromatic N) is 5. The first-order valence-corrected chi connectivity index (χ1v) is 7.27. The van der Waals surface area contributed by atoms with Crippen molar-refractivity contribution < 1.29 is 13.9 Å². The zero-order valence-corrected chi connectivity index (χ0v) is 12.8. The number of esters is 1. The molecule has 2 aromatic heterocycles. The van der Waals surface area contributed by atoms with Crippen molar-refractivity contribution in [1.82, 2.24) is 24.5 Å². The summed E-state index contributed by atoms with van der Waals surface area (Å²) in [5.74, 6) is -0.860. The van der Waals surface area contributed by atoms with Crippen LogP contribution in [0.25, 0.3) is 11.2 Å². The van der Waals surface area contributed by atoms with Crippen LogP contribution in [0, 0.1) is 5.82 Å². The van der Waals surface area contributed by atoms with Gasteiger partial charge in [-0.3, -0.25) is 14.2 Å². The molecule has 0 atom stereocenters. The standard InChI is InChI=1S/C15H14FN5O3/c1-2-24-12(22)8-20-9-17-14-13(15(20)23)18-19-21(14)7-10-3-5-11(16)6-4-10/h3-6,9H,2,7-8H2,1H3. The van der Waals surface area contributed by atoms with Crippen LogP contribution in [-0.4, -0.2) is 37.1 Å². The maximum absolute atomic E-state index is 12.9. The van der Waals surface area contributed by atoms with Gasteiger partial charge in [0.25, 0.3) is 5.56 Å². The van der Waals surface area contributed by atoms with Gasteiger partial charge in [-0.15, -0.1) is 5.10 Å². The van der Waals surface area contributed by atoms with E-state index in [0.29, 0.717) is 12.2 Å². The van der Waals surface area contributed by atoms with E-state index in [0.717, 1.165) is 10.1 Å². The van der Waals surface area contributed by atoms with Crippen molar-refractivity contribution in [3.63, 3.8) is 0 Å². The van der Waals surface area contributed by atoms with E-state index in [1.165, 1.54) is 23.1 Å². The first kappa shape index (κ1) is 15.8. The van der Waals surface area contributed by atoms with E-state index in [9.17, 15) is 14.0 Å². The van der Waals surface area contributed by atoms with E-state index in [1.807, 2.05) is 0 Å². The fraction of sp³-hybridized carbons (Fsp3) is 0.267. The molecule has 0 radical (unpaired) electrons. The minimum absolute atomic E-state index is 0.0592. The van der Waals surface area contributed by atoms with Crippen molar-refractivity contribution >= 4 is 17.1 Å². The molecule has 0 aliphatic heterocycles. The SMILES string of the molecule is CCOC(=O)Cn1cnc2c(nnn2Cc2ccc(F)cc2)c1=O. The Morgan fingerprint density at radius 1 is 1.29 bits per heavy atom. The molecule has 0 fully saturated rings. The molecule has 9 heteroatoms. The lowest BCUT2D eigenvalue weighted by atomic mass is 10.2. The first-order chi connectivity index (χ1) is 11.6. The third-order valence-electron chi connectivity index (χ3n) is 3.34. The predicted octanol–water partition coefficient (Wildman–Crippen LogP) is 0.738. The van der Waals surface area contributed by atoms with Gasteiger partial charge in [0, 0.05) is 0 Å². The van der Waals surface area contributed by atoms with Crippen LogP contribution in [0.5, 0.6) is 0 Å². The average molecular weight is 331 g/mol. The minimum atomic E-state index is -0.528. The van der Waals surface area contributed by atoms with Gasteiger partial charge in [0.05, 0.1) is 13.2 Å². The number of carbonyl (C=O) groups excluding carboxylic acids is 1. The Hall–Kier alpha value is -3.10. The van der Waals surface area contributed by atoms with Crippen LogP contribution in [0.3, 0.4) is 0 Å². The number of hydrogen-bond donors (Lipinski definition) is 0. The molecule has 0 aliphatic carbocycles. The lowest BCUT2D eigenvalue weighted by Gasteiger charge is -2.05. The van der Waals surface area contributed by atoms with E-state index in [2.05, 4.69) is 15.3 Å². The van der Waals surface area contributed by atoms with Crippen molar-refractivity contribution in [2.45, 2.75) is 20.0 Å². The summed E-state index contributed by atoms with van der Waals surface area (Å²) < 4.78 is 20.3. The molecule has 0 bridgehead atoms. The number of ether oxygens (including phenoxy) is 1. The van der Waals surface area contributed by atoms with Crippen molar-refractivity contribution in [1.29, 1.82) is 0 Å². The molecule has 8 nitrogen and oxygen atoms in total. The van der Waals surface area contributed by atoms with Crippen LogP contribution in [0.15, 0.2) is 35.4 Å². The smallest absolute Gasteiger partial charge is 0.326 e. The Bertz CT molecular complexity index is 932. The summed E-state index contributed by atoms with van der Waals surface area (Å²) in [6, 6.07) is 5.91. The summed E-state index contributed by atoms with van der Waals surface area (Å²) in [7, 11) is 0. The number of benzene rings is 1. The summed E-state index contributed by atoms with van der Waals surface area (Å²) in [4.78, 5) is 28.0. The highest BCUT2D eigenvalue weighted by molar-refractivity contribution is 5.71. The van der Waals surface area contributed by atoms with Crippen molar-refractivity contribution in [3.05, 3.63) is 52.3 Å². The second kappa shape index (κ2) is 6.57. The van der Waals surface area contributed by atoms with Crippen molar-refractivity contribution in [2.75, 3.05) is 6.61 Å². The van der Waals surface area contributed by atoms with Crippen LogP contribution in [0.1, 0.15) is 12.5 Å². The molecule has 3 rings (SSSR count). The average Bonchev–Trinajstić information content (AvgIpc) is 2.96. The van der Waals surface area contributed by atoms with Crippen LogP contribution >= 0.6 is 0 Å². The third kappa shape index (κ3) is 3.14. The fourth-order valence-electron chi connectivity index (χ4n) is 2.21. The van der Waals surface area contributed by atoms with Crippen LogP contribution in [0.2, 0.25) is 0 Å². The zero-order chi connectivity index (χ0) is 17.1. The Balaban J connectivity index is 1.90. The summed E-state index contributed by atoms with van der Waals surface area (Å²) in [6.07, 6.45) is 1.26. The molecule has 0 aliphatic rings. The number of aromatic nitrogens is 5. The first-order valence-electron chi connectivity index (χ1n) is 7.27. The van der Waals surface area contributed by atoms with Gasteiger partial charge in [0.15, 0.2) is 11.2 Å². The summed E-state index contributed by atoms with van der Waals surface area (Å²) >= 11 is 0. The third-order valence-corrected chi connectivity index (χ3v) is 3.34. The van der Waals surface area contributed by atoms with Gasteiger partial charge in [0.2, 0.25) is 0 Å². The van der Waals surface area contributed by atoms with Gasteiger partial charge in [-0.2, -0.15) is 0 Å². The van der Waals surface area contributed by atoms with Gasteiger partial charge in [-0.1, -0.05) is 17.3 Å². The van der Waals surface area contributed by atoms with Gasteiger partial charge in [-0.25, -0.2) is 14.1 Å². The second-order valence-electron chi connectivity index (χ2n) is 5.03. The molecule has 24 heavy (non-hydrogen) atoms. The van der Waals surface area contributed by atoms with Crippen molar-refractivity contribution in [3.8, 4) is 0 Å². The van der Waals surface area contributed by atoms with Crippen LogP contribution in [-0.2, 0) is 22.6 Å². The Morgan fingerprint density at radius 3 is 2.75 bits per heavy atom. The maximum Gasteiger partial charge on any atom is 0.326 e. The molecular weight excluding hydrogens is 317 g/mol. The minimum Gasteiger partial charge on any atom is -0.465 e. The summed E-state index contributed by atoms with van der Waals surface area (Å²) in [5, 5.41) is 7.75. The Kier molecular flexibility index (Phi) is 4.32.